The summed E-state index contributed by atoms with van der Waals surface area (Å²) in [5, 5.41) is 12.3. The number of alkyl halides is 1. The lowest BCUT2D eigenvalue weighted by atomic mass is 10.1. The number of hydrogen-bond acceptors (Lipinski definition) is 2. The summed E-state index contributed by atoms with van der Waals surface area (Å²) in [7, 11) is 0. The summed E-state index contributed by atoms with van der Waals surface area (Å²) in [6, 6.07) is 12.2. The van der Waals surface area contributed by atoms with Crippen molar-refractivity contribution in [3.8, 4) is 5.75 Å². The Morgan fingerprint density at radius 1 is 1.20 bits per heavy atom. The third-order valence-electron chi connectivity index (χ3n) is 2.80. The van der Waals surface area contributed by atoms with Crippen LogP contribution in [0.2, 0.25) is 0 Å². The van der Waals surface area contributed by atoms with E-state index in [1.54, 1.807) is 12.1 Å². The van der Waals surface area contributed by atoms with Gasteiger partial charge in [0.2, 0.25) is 0 Å². The fourth-order valence-corrected chi connectivity index (χ4v) is 2.19. The SMILES string of the molecule is O=C(Nc1ccc(CCCl)cc1)c1ccc(Br)c(O)c1. The van der Waals surface area contributed by atoms with Gasteiger partial charge in [0.15, 0.2) is 0 Å². The number of amides is 1. The molecule has 2 aromatic rings. The van der Waals surface area contributed by atoms with Crippen LogP contribution in [0.5, 0.6) is 5.75 Å². The van der Waals surface area contributed by atoms with Gasteiger partial charge >= 0.3 is 0 Å². The Kier molecular flexibility index (Phi) is 5.04. The van der Waals surface area contributed by atoms with Crippen LogP contribution in [0.1, 0.15) is 15.9 Å². The highest BCUT2D eigenvalue weighted by Gasteiger charge is 2.08. The molecule has 5 heteroatoms. The number of rotatable bonds is 4. The van der Waals surface area contributed by atoms with E-state index < -0.39 is 0 Å². The Balaban J connectivity index is 2.08. The zero-order chi connectivity index (χ0) is 14.5. The second-order valence-corrected chi connectivity index (χ2v) is 5.49. The predicted octanol–water partition coefficient (Wildman–Crippen LogP) is 4.19. The van der Waals surface area contributed by atoms with E-state index in [2.05, 4.69) is 21.2 Å². The molecule has 0 atom stereocenters. The van der Waals surface area contributed by atoms with Crippen molar-refractivity contribution in [2.75, 3.05) is 11.2 Å². The van der Waals surface area contributed by atoms with Crippen molar-refractivity contribution in [1.82, 2.24) is 0 Å². The highest BCUT2D eigenvalue weighted by molar-refractivity contribution is 9.10. The number of anilines is 1. The summed E-state index contributed by atoms with van der Waals surface area (Å²) in [6.07, 6.45) is 0.802. The van der Waals surface area contributed by atoms with Gasteiger partial charge in [0, 0.05) is 17.1 Å². The Morgan fingerprint density at radius 2 is 1.90 bits per heavy atom. The highest BCUT2D eigenvalue weighted by atomic mass is 79.9. The lowest BCUT2D eigenvalue weighted by Gasteiger charge is -2.07. The lowest BCUT2D eigenvalue weighted by molar-refractivity contribution is 0.102. The van der Waals surface area contributed by atoms with Gasteiger partial charge in [0.25, 0.3) is 5.91 Å². The molecule has 0 saturated carbocycles. The third-order valence-corrected chi connectivity index (χ3v) is 3.66. The first kappa shape index (κ1) is 14.9. The van der Waals surface area contributed by atoms with Crippen molar-refractivity contribution >= 4 is 39.1 Å². The Bertz CT molecular complexity index is 614. The maximum Gasteiger partial charge on any atom is 0.255 e. The quantitative estimate of drug-likeness (QED) is 0.809. The number of nitrogens with one attached hydrogen (secondary N) is 1. The van der Waals surface area contributed by atoms with Crippen molar-refractivity contribution < 1.29 is 9.90 Å². The summed E-state index contributed by atoms with van der Waals surface area (Å²) >= 11 is 8.85. The minimum Gasteiger partial charge on any atom is -0.507 e. The first-order chi connectivity index (χ1) is 9.60. The average molecular weight is 355 g/mol. The van der Waals surface area contributed by atoms with Crippen LogP contribution >= 0.6 is 27.5 Å². The lowest BCUT2D eigenvalue weighted by Crippen LogP contribution is -2.11. The van der Waals surface area contributed by atoms with Gasteiger partial charge in [-0.1, -0.05) is 12.1 Å². The molecule has 0 saturated heterocycles. The summed E-state index contributed by atoms with van der Waals surface area (Å²) in [5.74, 6) is 0.345. The van der Waals surface area contributed by atoms with Crippen LogP contribution in [-0.4, -0.2) is 16.9 Å². The van der Waals surface area contributed by atoms with Crippen LogP contribution in [0.4, 0.5) is 5.69 Å². The molecule has 0 aromatic heterocycles. The average Bonchev–Trinajstić information content (AvgIpc) is 2.44. The summed E-state index contributed by atoms with van der Waals surface area (Å²) < 4.78 is 0.555. The van der Waals surface area contributed by atoms with Crippen LogP contribution in [0.15, 0.2) is 46.9 Å². The van der Waals surface area contributed by atoms with Gasteiger partial charge in [0.1, 0.15) is 5.75 Å². The molecule has 0 bridgehead atoms. The molecule has 0 unspecified atom stereocenters. The van der Waals surface area contributed by atoms with Gasteiger partial charge in [-0.2, -0.15) is 0 Å². The van der Waals surface area contributed by atoms with Gasteiger partial charge in [-0.25, -0.2) is 0 Å². The molecule has 3 nitrogen and oxygen atoms in total. The van der Waals surface area contributed by atoms with Gasteiger partial charge < -0.3 is 10.4 Å². The molecule has 0 aliphatic carbocycles. The zero-order valence-electron chi connectivity index (χ0n) is 10.6. The summed E-state index contributed by atoms with van der Waals surface area (Å²) in [4.78, 5) is 12.0. The largest absolute Gasteiger partial charge is 0.507 e. The van der Waals surface area contributed by atoms with Crippen LogP contribution in [-0.2, 0) is 6.42 Å². The molecule has 1 amide bonds. The fourth-order valence-electron chi connectivity index (χ4n) is 1.72. The van der Waals surface area contributed by atoms with Gasteiger partial charge in [-0.05, 0) is 58.2 Å². The fraction of sp³-hybridized carbons (Fsp3) is 0.133. The van der Waals surface area contributed by atoms with Gasteiger partial charge in [-0.15, -0.1) is 11.6 Å². The number of phenolic OH excluding ortho intramolecular Hbond substituents is 1. The number of hydrogen-bond donors (Lipinski definition) is 2. The maximum atomic E-state index is 12.0. The van der Waals surface area contributed by atoms with E-state index in [9.17, 15) is 9.90 Å². The van der Waals surface area contributed by atoms with E-state index in [0.717, 1.165) is 12.0 Å². The molecular weight excluding hydrogens is 342 g/mol. The first-order valence-electron chi connectivity index (χ1n) is 6.05. The maximum absolute atomic E-state index is 12.0. The van der Waals surface area contributed by atoms with Crippen molar-refractivity contribution in [2.45, 2.75) is 6.42 Å². The monoisotopic (exact) mass is 353 g/mol. The number of benzene rings is 2. The van der Waals surface area contributed by atoms with E-state index in [0.29, 0.717) is 21.6 Å². The second kappa shape index (κ2) is 6.77. The topological polar surface area (TPSA) is 49.3 Å². The molecule has 0 spiro atoms. The molecule has 104 valence electrons. The minimum atomic E-state index is -0.266. The summed E-state index contributed by atoms with van der Waals surface area (Å²) in [6.45, 7) is 0. The molecule has 0 fully saturated rings. The van der Waals surface area contributed by atoms with Gasteiger partial charge in [-0.3, -0.25) is 4.79 Å². The van der Waals surface area contributed by atoms with Crippen LogP contribution < -0.4 is 5.32 Å². The van der Waals surface area contributed by atoms with Crippen molar-refractivity contribution in [2.24, 2.45) is 0 Å². The number of aryl methyl sites for hydroxylation is 1. The predicted molar refractivity (Wildman–Crippen MR) is 84.6 cm³/mol. The van der Waals surface area contributed by atoms with Crippen LogP contribution in [0.3, 0.4) is 0 Å². The third kappa shape index (κ3) is 3.74. The van der Waals surface area contributed by atoms with E-state index in [-0.39, 0.29) is 11.7 Å². The minimum absolute atomic E-state index is 0.0371. The molecule has 0 aliphatic rings. The summed E-state index contributed by atoms with van der Waals surface area (Å²) in [5.41, 5.74) is 2.23. The molecule has 20 heavy (non-hydrogen) atoms. The van der Waals surface area contributed by atoms with Crippen molar-refractivity contribution in [3.05, 3.63) is 58.1 Å². The van der Waals surface area contributed by atoms with Crippen LogP contribution in [0.25, 0.3) is 0 Å². The number of phenols is 1. The normalized spacial score (nSPS) is 10.3. The second-order valence-electron chi connectivity index (χ2n) is 4.26. The van der Waals surface area contributed by atoms with E-state index >= 15 is 0 Å². The Morgan fingerprint density at radius 3 is 2.50 bits per heavy atom. The van der Waals surface area contributed by atoms with Crippen molar-refractivity contribution in [3.63, 3.8) is 0 Å². The number of carbonyl (C=O) groups is 1. The van der Waals surface area contributed by atoms with Crippen LogP contribution in [0, 0.1) is 0 Å². The number of aromatic hydroxyl groups is 1. The zero-order valence-corrected chi connectivity index (χ0v) is 12.9. The van der Waals surface area contributed by atoms with E-state index in [4.69, 9.17) is 11.6 Å². The molecule has 0 heterocycles. The Hall–Kier alpha value is -1.52. The number of carbonyl (C=O) groups excluding carboxylic acids is 1. The van der Waals surface area contributed by atoms with E-state index in [1.165, 1.54) is 6.07 Å². The number of halogens is 2. The molecule has 0 aliphatic heterocycles. The van der Waals surface area contributed by atoms with E-state index in [1.807, 2.05) is 24.3 Å². The molecule has 0 radical (unpaired) electrons. The molecular formula is C15H13BrClNO2. The molecule has 2 aromatic carbocycles. The Labute approximate surface area is 130 Å². The first-order valence-corrected chi connectivity index (χ1v) is 7.37. The molecule has 2 N–H and O–H groups in total. The van der Waals surface area contributed by atoms with Crippen molar-refractivity contribution in [1.29, 1.82) is 0 Å². The molecule has 2 rings (SSSR count). The standard InChI is InChI=1S/C15H13BrClNO2/c16-13-6-3-11(9-14(13)19)15(20)18-12-4-1-10(2-5-12)7-8-17/h1-6,9,19H,7-8H2,(H,18,20). The highest BCUT2D eigenvalue weighted by Crippen LogP contribution is 2.24. The smallest absolute Gasteiger partial charge is 0.255 e. The van der Waals surface area contributed by atoms with Gasteiger partial charge in [0.05, 0.1) is 4.47 Å².